The van der Waals surface area contributed by atoms with Gasteiger partial charge < -0.3 is 19.7 Å². The third-order valence-corrected chi connectivity index (χ3v) is 7.44. The van der Waals surface area contributed by atoms with Crippen LogP contribution in [0.3, 0.4) is 0 Å². The second kappa shape index (κ2) is 9.54. The lowest BCUT2D eigenvalue weighted by Gasteiger charge is -2.39. The fourth-order valence-electron chi connectivity index (χ4n) is 4.54. The molecule has 3 amide bonds. The smallest absolute Gasteiger partial charge is 0.322 e. The molecule has 0 saturated carbocycles. The van der Waals surface area contributed by atoms with E-state index in [0.717, 1.165) is 21.5 Å². The first-order valence-electron chi connectivity index (χ1n) is 11.6. The average Bonchev–Trinajstić information content (AvgIpc) is 3.44. The number of rotatable bonds is 4. The third-order valence-electron chi connectivity index (χ3n) is 6.49. The van der Waals surface area contributed by atoms with Crippen LogP contribution in [0.5, 0.6) is 0 Å². The predicted octanol–water partition coefficient (Wildman–Crippen LogP) is 5.58. The Bertz CT molecular complexity index is 1380. The lowest BCUT2D eigenvalue weighted by atomic mass is 10.1. The Kier molecular flexibility index (Phi) is 6.30. The van der Waals surface area contributed by atoms with Gasteiger partial charge in [-0.25, -0.2) is 9.18 Å². The zero-order valence-electron chi connectivity index (χ0n) is 19.7. The summed E-state index contributed by atoms with van der Waals surface area (Å²) in [6.07, 6.45) is 0. The molecule has 0 aliphatic carbocycles. The van der Waals surface area contributed by atoms with Crippen LogP contribution in [0.15, 0.2) is 66.0 Å². The minimum atomic E-state index is -0.286. The van der Waals surface area contributed by atoms with E-state index in [1.807, 2.05) is 60.2 Å². The lowest BCUT2D eigenvalue weighted by molar-refractivity contribution is 0.0583. The molecule has 1 aliphatic heterocycles. The maximum absolute atomic E-state index is 14.4. The van der Waals surface area contributed by atoms with Crippen molar-refractivity contribution in [3.05, 3.63) is 88.7 Å². The van der Waals surface area contributed by atoms with Crippen LogP contribution in [0.25, 0.3) is 10.2 Å². The van der Waals surface area contributed by atoms with Crippen molar-refractivity contribution in [1.29, 1.82) is 0 Å². The van der Waals surface area contributed by atoms with E-state index >= 15 is 0 Å². The second-order valence-corrected chi connectivity index (χ2v) is 9.87. The first kappa shape index (κ1) is 23.1. The van der Waals surface area contributed by atoms with Gasteiger partial charge >= 0.3 is 6.03 Å². The molecule has 1 atom stereocenters. The fourth-order valence-corrected chi connectivity index (χ4v) is 5.44. The summed E-state index contributed by atoms with van der Waals surface area (Å²) in [5.74, 6) is -0.388. The molecule has 1 fully saturated rings. The Hall–Kier alpha value is -3.65. The van der Waals surface area contributed by atoms with E-state index in [-0.39, 0.29) is 30.3 Å². The van der Waals surface area contributed by atoms with Gasteiger partial charge in [0.05, 0.1) is 6.54 Å². The van der Waals surface area contributed by atoms with E-state index in [4.69, 9.17) is 0 Å². The van der Waals surface area contributed by atoms with Crippen molar-refractivity contribution in [1.82, 2.24) is 14.4 Å². The zero-order valence-corrected chi connectivity index (χ0v) is 20.5. The van der Waals surface area contributed by atoms with E-state index in [9.17, 15) is 14.0 Å². The Morgan fingerprint density at radius 2 is 1.86 bits per heavy atom. The number of piperazine rings is 1. The number of nitrogens with zero attached hydrogens (tertiary/aromatic N) is 3. The number of anilines is 1. The molecule has 2 aromatic carbocycles. The number of urea groups is 1. The van der Waals surface area contributed by atoms with E-state index in [0.29, 0.717) is 30.9 Å². The summed E-state index contributed by atoms with van der Waals surface area (Å²) < 4.78 is 16.3. The van der Waals surface area contributed by atoms with Crippen LogP contribution in [0, 0.1) is 12.7 Å². The van der Waals surface area contributed by atoms with E-state index in [1.54, 1.807) is 28.0 Å². The first-order chi connectivity index (χ1) is 16.9. The number of carbonyl (C=O) groups is 2. The van der Waals surface area contributed by atoms with Crippen molar-refractivity contribution in [3.8, 4) is 0 Å². The molecule has 0 radical (unpaired) electrons. The first-order valence-corrected chi connectivity index (χ1v) is 12.5. The number of amides is 3. The second-order valence-electron chi connectivity index (χ2n) is 8.98. The van der Waals surface area contributed by atoms with Crippen LogP contribution in [-0.2, 0) is 6.54 Å². The van der Waals surface area contributed by atoms with Crippen LogP contribution in [0.2, 0.25) is 0 Å². The van der Waals surface area contributed by atoms with Gasteiger partial charge in [-0.1, -0.05) is 35.9 Å². The third kappa shape index (κ3) is 4.66. The van der Waals surface area contributed by atoms with Crippen LogP contribution < -0.4 is 5.32 Å². The molecule has 35 heavy (non-hydrogen) atoms. The molecule has 1 N–H and O–H groups in total. The van der Waals surface area contributed by atoms with Crippen molar-refractivity contribution in [2.75, 3.05) is 25.0 Å². The number of benzene rings is 2. The summed E-state index contributed by atoms with van der Waals surface area (Å²) >= 11 is 1.54. The monoisotopic (exact) mass is 490 g/mol. The maximum atomic E-state index is 14.4. The predicted molar refractivity (Wildman–Crippen MR) is 138 cm³/mol. The molecular formula is C27H27FN4O2S. The van der Waals surface area contributed by atoms with Crippen molar-refractivity contribution in [2.45, 2.75) is 26.4 Å². The number of hydrogen-bond acceptors (Lipinski definition) is 3. The van der Waals surface area contributed by atoms with Gasteiger partial charge in [-0.2, -0.15) is 0 Å². The largest absolute Gasteiger partial charge is 0.334 e. The molecule has 4 aromatic rings. The number of aryl methyl sites for hydroxylation is 1. The highest BCUT2D eigenvalue weighted by atomic mass is 32.1. The van der Waals surface area contributed by atoms with Gasteiger partial charge in [0, 0.05) is 42.3 Å². The molecular weight excluding hydrogens is 463 g/mol. The summed E-state index contributed by atoms with van der Waals surface area (Å²) in [5.41, 5.74) is 2.96. The summed E-state index contributed by atoms with van der Waals surface area (Å²) in [6.45, 7) is 5.53. The normalized spacial score (nSPS) is 16.0. The fraction of sp³-hybridized carbons (Fsp3) is 0.259. The number of aromatic nitrogens is 1. The molecule has 0 unspecified atom stereocenters. The highest BCUT2D eigenvalue weighted by Crippen LogP contribution is 2.28. The van der Waals surface area contributed by atoms with Crippen LogP contribution in [0.1, 0.15) is 28.5 Å². The van der Waals surface area contributed by atoms with E-state index in [1.165, 1.54) is 17.4 Å². The van der Waals surface area contributed by atoms with Crippen molar-refractivity contribution < 1.29 is 14.0 Å². The van der Waals surface area contributed by atoms with Gasteiger partial charge in [0.15, 0.2) is 0 Å². The standard InChI is InChI=1S/C27H27FN4O2S/c1-18-7-9-22(10-8-18)29-27(34)31-13-12-30(16-19(31)2)25(33)24-15-20-11-14-35-26(20)32(24)17-21-5-3-4-6-23(21)28/h3-11,14-15,19H,12-13,16-17H2,1-2H3,(H,29,34)/t19-/m0/s1. The molecule has 180 valence electrons. The highest BCUT2D eigenvalue weighted by Gasteiger charge is 2.32. The maximum Gasteiger partial charge on any atom is 0.322 e. The minimum absolute atomic E-state index is 0.102. The van der Waals surface area contributed by atoms with Gasteiger partial charge in [-0.05, 0) is 49.6 Å². The molecule has 0 spiro atoms. The van der Waals surface area contributed by atoms with Crippen LogP contribution >= 0.6 is 11.3 Å². The number of halogens is 1. The Morgan fingerprint density at radius 3 is 2.60 bits per heavy atom. The molecule has 6 nitrogen and oxygen atoms in total. The minimum Gasteiger partial charge on any atom is -0.334 e. The summed E-state index contributed by atoms with van der Waals surface area (Å²) in [6, 6.07) is 17.9. The Balaban J connectivity index is 1.32. The zero-order chi connectivity index (χ0) is 24.5. The quantitative estimate of drug-likeness (QED) is 0.406. The number of fused-ring (bicyclic) bond motifs is 1. The number of hydrogen-bond donors (Lipinski definition) is 1. The topological polar surface area (TPSA) is 57.6 Å². The van der Waals surface area contributed by atoms with E-state index in [2.05, 4.69) is 5.32 Å². The van der Waals surface area contributed by atoms with Gasteiger partial charge in [-0.3, -0.25) is 4.79 Å². The highest BCUT2D eigenvalue weighted by molar-refractivity contribution is 7.16. The average molecular weight is 491 g/mol. The van der Waals surface area contributed by atoms with Crippen molar-refractivity contribution >= 4 is 39.2 Å². The molecule has 8 heteroatoms. The Morgan fingerprint density at radius 1 is 1.09 bits per heavy atom. The van der Waals surface area contributed by atoms with Gasteiger partial charge in [0.2, 0.25) is 0 Å². The number of thiophene rings is 1. The SMILES string of the molecule is Cc1ccc(NC(=O)N2CCN(C(=O)c3cc4ccsc4n3Cc3ccccc3F)C[C@@H]2C)cc1. The van der Waals surface area contributed by atoms with Gasteiger partial charge in [0.25, 0.3) is 5.91 Å². The number of carbonyl (C=O) groups excluding carboxylic acids is 2. The van der Waals surface area contributed by atoms with Gasteiger partial charge in [0.1, 0.15) is 16.3 Å². The Labute approximate surface area is 207 Å². The van der Waals surface area contributed by atoms with Crippen molar-refractivity contribution in [2.24, 2.45) is 0 Å². The molecule has 1 saturated heterocycles. The summed E-state index contributed by atoms with van der Waals surface area (Å²) in [5, 5.41) is 5.89. The molecule has 0 bridgehead atoms. The lowest BCUT2D eigenvalue weighted by Crippen LogP contribution is -2.56. The summed E-state index contributed by atoms with van der Waals surface area (Å²) in [4.78, 5) is 31.0. The molecule has 3 heterocycles. The molecule has 1 aliphatic rings. The summed E-state index contributed by atoms with van der Waals surface area (Å²) in [7, 11) is 0. The molecule has 2 aromatic heterocycles. The van der Waals surface area contributed by atoms with Crippen LogP contribution in [0.4, 0.5) is 14.9 Å². The van der Waals surface area contributed by atoms with Gasteiger partial charge in [-0.15, -0.1) is 11.3 Å². The van der Waals surface area contributed by atoms with E-state index < -0.39 is 0 Å². The number of nitrogens with one attached hydrogen (secondary N) is 1. The molecule has 5 rings (SSSR count). The van der Waals surface area contributed by atoms with Crippen LogP contribution in [-0.4, -0.2) is 52.0 Å². The van der Waals surface area contributed by atoms with Crippen molar-refractivity contribution in [3.63, 3.8) is 0 Å².